The van der Waals surface area contributed by atoms with E-state index in [0.717, 1.165) is 37.3 Å². The van der Waals surface area contributed by atoms with E-state index in [1.165, 1.54) is 11.1 Å². The van der Waals surface area contributed by atoms with Crippen LogP contribution in [0, 0.1) is 12.3 Å². The van der Waals surface area contributed by atoms with Gasteiger partial charge in [-0.3, -0.25) is 4.79 Å². The lowest BCUT2D eigenvalue weighted by Crippen LogP contribution is -2.44. The second-order valence-corrected chi connectivity index (χ2v) is 8.81. The molecule has 4 nitrogen and oxygen atoms in total. The number of benzene rings is 1. The monoisotopic (exact) mass is 357 g/mol. The zero-order valence-corrected chi connectivity index (χ0v) is 16.9. The molecule has 2 unspecified atom stereocenters. The first-order chi connectivity index (χ1) is 12.2. The second-order valence-electron chi connectivity index (χ2n) is 8.81. The summed E-state index contributed by atoms with van der Waals surface area (Å²) in [5.41, 5.74) is 2.14. The van der Waals surface area contributed by atoms with Crippen LogP contribution in [0.15, 0.2) is 30.0 Å². The van der Waals surface area contributed by atoms with E-state index in [9.17, 15) is 4.79 Å². The van der Waals surface area contributed by atoms with Gasteiger partial charge in [0.25, 0.3) is 0 Å². The van der Waals surface area contributed by atoms with Crippen molar-refractivity contribution in [1.29, 1.82) is 0 Å². The van der Waals surface area contributed by atoms with Crippen molar-refractivity contribution in [2.24, 2.45) is 5.41 Å². The third-order valence-electron chi connectivity index (χ3n) is 5.97. The number of hydrogen-bond donors (Lipinski definition) is 0. The van der Waals surface area contributed by atoms with Crippen molar-refractivity contribution >= 4 is 5.97 Å². The number of esters is 1. The van der Waals surface area contributed by atoms with Gasteiger partial charge in [-0.2, -0.15) is 0 Å². The van der Waals surface area contributed by atoms with Crippen molar-refractivity contribution in [3.63, 3.8) is 0 Å². The molecule has 1 saturated heterocycles. The van der Waals surface area contributed by atoms with Gasteiger partial charge in [-0.05, 0) is 77.4 Å². The topological polar surface area (TPSA) is 38.8 Å². The van der Waals surface area contributed by atoms with Crippen molar-refractivity contribution in [3.05, 3.63) is 41.2 Å². The lowest BCUT2D eigenvalue weighted by molar-refractivity contribution is -0.149. The van der Waals surface area contributed by atoms with E-state index in [1.54, 1.807) is 7.11 Å². The first-order valence-electron chi connectivity index (χ1n) is 9.44. The molecule has 2 atom stereocenters. The van der Waals surface area contributed by atoms with Crippen LogP contribution in [-0.4, -0.2) is 37.6 Å². The Morgan fingerprint density at radius 1 is 1.31 bits per heavy atom. The van der Waals surface area contributed by atoms with Crippen LogP contribution in [0.5, 0.6) is 5.75 Å². The molecule has 0 amide bonds. The molecule has 4 heteroatoms. The van der Waals surface area contributed by atoms with E-state index >= 15 is 0 Å². The van der Waals surface area contributed by atoms with Gasteiger partial charge in [-0.1, -0.05) is 12.1 Å². The summed E-state index contributed by atoms with van der Waals surface area (Å²) in [6.45, 7) is 8.84. The third-order valence-corrected chi connectivity index (χ3v) is 5.97. The van der Waals surface area contributed by atoms with Crippen LogP contribution < -0.4 is 4.74 Å². The number of ether oxygens (including phenoxy) is 2. The molecule has 1 heterocycles. The highest BCUT2D eigenvalue weighted by molar-refractivity contribution is 5.76. The normalized spacial score (nSPS) is 26.2. The van der Waals surface area contributed by atoms with Gasteiger partial charge < -0.3 is 14.4 Å². The van der Waals surface area contributed by atoms with Crippen LogP contribution in [0.2, 0.25) is 0 Å². The summed E-state index contributed by atoms with van der Waals surface area (Å²) in [5.74, 6) is 1.60. The molecule has 2 aliphatic rings. The van der Waals surface area contributed by atoms with Crippen molar-refractivity contribution in [2.45, 2.75) is 58.4 Å². The molecule has 0 bridgehead atoms. The Labute approximate surface area is 157 Å². The van der Waals surface area contributed by atoms with E-state index in [4.69, 9.17) is 9.47 Å². The minimum atomic E-state index is -0.482. The average Bonchev–Trinajstić information content (AvgIpc) is 2.92. The number of likely N-dealkylation sites (N-methyl/N-ethyl adjacent to an activating group) is 1. The van der Waals surface area contributed by atoms with Crippen LogP contribution in [-0.2, 0) is 14.9 Å². The van der Waals surface area contributed by atoms with Crippen molar-refractivity contribution in [3.8, 4) is 5.75 Å². The number of carbonyl (C=O) groups excluding carboxylic acids is 1. The third kappa shape index (κ3) is 3.27. The van der Waals surface area contributed by atoms with Gasteiger partial charge in [0.1, 0.15) is 11.5 Å². The minimum absolute atomic E-state index is 0.0867. The Morgan fingerprint density at radius 3 is 2.65 bits per heavy atom. The fraction of sp³-hybridized carbons (Fsp3) is 0.591. The Bertz CT molecular complexity index is 731. The smallest absolute Gasteiger partial charge is 0.316 e. The molecule has 3 rings (SSSR count). The quantitative estimate of drug-likeness (QED) is 0.760. The highest BCUT2D eigenvalue weighted by atomic mass is 16.5. The first-order valence-corrected chi connectivity index (χ1v) is 9.44. The molecule has 142 valence electrons. The van der Waals surface area contributed by atoms with E-state index < -0.39 is 5.41 Å². The summed E-state index contributed by atoms with van der Waals surface area (Å²) in [6.07, 6.45) is 4.94. The Hall–Kier alpha value is -1.81. The zero-order valence-electron chi connectivity index (χ0n) is 16.9. The van der Waals surface area contributed by atoms with Gasteiger partial charge in [0.15, 0.2) is 0 Å². The predicted octanol–water partition coefficient (Wildman–Crippen LogP) is 4.21. The number of allylic oxidation sites excluding steroid dienone is 1. The van der Waals surface area contributed by atoms with Gasteiger partial charge in [0.05, 0.1) is 12.5 Å². The number of likely N-dealkylation sites (tertiary alicyclic amines) is 1. The summed E-state index contributed by atoms with van der Waals surface area (Å²) < 4.78 is 11.2. The van der Waals surface area contributed by atoms with Crippen molar-refractivity contribution in [1.82, 2.24) is 4.90 Å². The van der Waals surface area contributed by atoms with Gasteiger partial charge in [-0.25, -0.2) is 0 Å². The number of aryl methyl sites for hydroxylation is 1. The number of fused-ring (bicyclic) bond motifs is 1. The maximum absolute atomic E-state index is 12.3. The highest BCUT2D eigenvalue weighted by Crippen LogP contribution is 2.48. The maximum atomic E-state index is 12.3. The van der Waals surface area contributed by atoms with E-state index in [-0.39, 0.29) is 11.4 Å². The van der Waals surface area contributed by atoms with Crippen LogP contribution in [0.25, 0.3) is 0 Å². The Morgan fingerprint density at radius 2 is 2.04 bits per heavy atom. The fourth-order valence-electron chi connectivity index (χ4n) is 4.28. The van der Waals surface area contributed by atoms with Gasteiger partial charge in [0, 0.05) is 17.9 Å². The standard InChI is InChI=1S/C22H31NO3/c1-15-13-16(7-8-18(15)25-6)22-10-9-17(26-20(24)21(2,3)4)14-19(22)23(5)12-11-22/h7-9,13,19H,10-12,14H2,1-6H3. The van der Waals surface area contributed by atoms with Crippen LogP contribution in [0.3, 0.4) is 0 Å². The Kier molecular flexibility index (Phi) is 4.91. The SMILES string of the molecule is COc1ccc(C23CC=C(OC(=O)C(C)(C)C)CC2N(C)CC3)cc1C. The fourth-order valence-corrected chi connectivity index (χ4v) is 4.28. The molecular weight excluding hydrogens is 326 g/mol. The van der Waals surface area contributed by atoms with Crippen LogP contribution in [0.4, 0.5) is 0 Å². The van der Waals surface area contributed by atoms with Crippen molar-refractivity contribution in [2.75, 3.05) is 20.7 Å². The Balaban J connectivity index is 1.90. The molecule has 0 saturated carbocycles. The molecule has 1 aliphatic heterocycles. The molecule has 26 heavy (non-hydrogen) atoms. The molecule has 0 N–H and O–H groups in total. The van der Waals surface area contributed by atoms with Crippen molar-refractivity contribution < 1.29 is 14.3 Å². The molecular formula is C22H31NO3. The number of carbonyl (C=O) groups is 1. The molecule has 1 aromatic carbocycles. The summed E-state index contributed by atoms with van der Waals surface area (Å²) >= 11 is 0. The van der Waals surface area contributed by atoms with E-state index in [2.05, 4.69) is 43.1 Å². The van der Waals surface area contributed by atoms with Gasteiger partial charge >= 0.3 is 5.97 Å². The molecule has 0 aromatic heterocycles. The predicted molar refractivity (Wildman–Crippen MR) is 103 cm³/mol. The number of nitrogens with zero attached hydrogens (tertiary/aromatic N) is 1. The minimum Gasteiger partial charge on any atom is -0.496 e. The zero-order chi connectivity index (χ0) is 19.1. The largest absolute Gasteiger partial charge is 0.496 e. The molecule has 1 aromatic rings. The maximum Gasteiger partial charge on any atom is 0.316 e. The molecule has 0 spiro atoms. The molecule has 0 radical (unpaired) electrons. The lowest BCUT2D eigenvalue weighted by atomic mass is 9.68. The number of rotatable bonds is 3. The van der Waals surface area contributed by atoms with Crippen LogP contribution >= 0.6 is 0 Å². The highest BCUT2D eigenvalue weighted by Gasteiger charge is 2.49. The first kappa shape index (κ1) is 19.0. The second kappa shape index (κ2) is 6.73. The average molecular weight is 357 g/mol. The summed E-state index contributed by atoms with van der Waals surface area (Å²) in [4.78, 5) is 14.7. The number of hydrogen-bond acceptors (Lipinski definition) is 4. The van der Waals surface area contributed by atoms with E-state index in [1.807, 2.05) is 20.8 Å². The summed E-state index contributed by atoms with van der Waals surface area (Å²) in [7, 11) is 3.89. The van der Waals surface area contributed by atoms with Crippen LogP contribution in [0.1, 0.15) is 51.2 Å². The molecule has 1 aliphatic carbocycles. The number of methoxy groups -OCH3 is 1. The molecule has 1 fully saturated rings. The van der Waals surface area contributed by atoms with E-state index in [0.29, 0.717) is 6.04 Å². The summed E-state index contributed by atoms with van der Waals surface area (Å²) in [5, 5.41) is 0. The lowest BCUT2D eigenvalue weighted by Gasteiger charge is -2.41. The van der Waals surface area contributed by atoms with Gasteiger partial charge in [0.2, 0.25) is 0 Å². The summed E-state index contributed by atoms with van der Waals surface area (Å²) in [6, 6.07) is 6.90. The van der Waals surface area contributed by atoms with Gasteiger partial charge in [-0.15, -0.1) is 0 Å².